The molecule has 0 unspecified atom stereocenters. The summed E-state index contributed by atoms with van der Waals surface area (Å²) in [4.78, 5) is 12.2. The molecule has 0 fully saturated rings. The molecule has 0 atom stereocenters. The standard InChI is InChI=1S/C17H17BrClNO/c1-17(2,13-6-8-15(19)9-7-13)20-16(21)11-12-4-3-5-14(18)10-12/h3-10H,11H2,1-2H3,(H,20,21). The van der Waals surface area contributed by atoms with Crippen LogP contribution in [-0.2, 0) is 16.8 Å². The van der Waals surface area contributed by atoms with Gasteiger partial charge in [0.05, 0.1) is 12.0 Å². The number of carbonyl (C=O) groups excluding carboxylic acids is 1. The number of nitrogens with one attached hydrogen (secondary N) is 1. The lowest BCUT2D eigenvalue weighted by Crippen LogP contribution is -2.41. The van der Waals surface area contributed by atoms with E-state index >= 15 is 0 Å². The summed E-state index contributed by atoms with van der Waals surface area (Å²) in [5.74, 6) is -0.00644. The van der Waals surface area contributed by atoms with Crippen molar-refractivity contribution in [3.8, 4) is 0 Å². The second-order valence-corrected chi connectivity index (χ2v) is 6.84. The van der Waals surface area contributed by atoms with Crippen LogP contribution in [0.1, 0.15) is 25.0 Å². The van der Waals surface area contributed by atoms with Gasteiger partial charge in [0, 0.05) is 9.50 Å². The summed E-state index contributed by atoms with van der Waals surface area (Å²) in [7, 11) is 0. The molecule has 2 aromatic carbocycles. The fourth-order valence-electron chi connectivity index (χ4n) is 2.16. The van der Waals surface area contributed by atoms with Crippen LogP contribution < -0.4 is 5.32 Å². The Morgan fingerprint density at radius 2 is 1.86 bits per heavy atom. The summed E-state index contributed by atoms with van der Waals surface area (Å²) < 4.78 is 0.977. The van der Waals surface area contributed by atoms with Gasteiger partial charge in [-0.2, -0.15) is 0 Å². The number of hydrogen-bond acceptors (Lipinski definition) is 1. The molecule has 1 N–H and O–H groups in total. The predicted molar refractivity (Wildman–Crippen MR) is 90.5 cm³/mol. The molecule has 21 heavy (non-hydrogen) atoms. The summed E-state index contributed by atoms with van der Waals surface area (Å²) in [5, 5.41) is 3.75. The average molecular weight is 367 g/mol. The van der Waals surface area contributed by atoms with Crippen molar-refractivity contribution < 1.29 is 4.79 Å². The lowest BCUT2D eigenvalue weighted by atomic mass is 9.94. The number of hydrogen-bond donors (Lipinski definition) is 1. The second kappa shape index (κ2) is 6.63. The van der Waals surface area contributed by atoms with Crippen LogP contribution in [0, 0.1) is 0 Å². The first-order valence-corrected chi connectivity index (χ1v) is 7.85. The summed E-state index contributed by atoms with van der Waals surface area (Å²) in [6.45, 7) is 3.96. The smallest absolute Gasteiger partial charge is 0.225 e. The van der Waals surface area contributed by atoms with E-state index in [1.165, 1.54) is 0 Å². The number of carbonyl (C=O) groups is 1. The highest BCUT2D eigenvalue weighted by molar-refractivity contribution is 9.10. The molecule has 0 aliphatic rings. The Balaban J connectivity index is 2.05. The molecule has 0 aliphatic carbocycles. The molecule has 0 saturated carbocycles. The zero-order valence-corrected chi connectivity index (χ0v) is 14.3. The fourth-order valence-corrected chi connectivity index (χ4v) is 2.74. The van der Waals surface area contributed by atoms with E-state index in [4.69, 9.17) is 11.6 Å². The number of rotatable bonds is 4. The molecule has 0 aromatic heterocycles. The van der Waals surface area contributed by atoms with Crippen molar-refractivity contribution in [1.29, 1.82) is 0 Å². The Bertz CT molecular complexity index is 637. The lowest BCUT2D eigenvalue weighted by Gasteiger charge is -2.27. The third-order valence-electron chi connectivity index (χ3n) is 3.27. The van der Waals surface area contributed by atoms with Gasteiger partial charge in [0.2, 0.25) is 5.91 Å². The highest BCUT2D eigenvalue weighted by atomic mass is 79.9. The molecule has 2 rings (SSSR count). The van der Waals surface area contributed by atoms with Gasteiger partial charge in [-0.25, -0.2) is 0 Å². The Morgan fingerprint density at radius 3 is 2.48 bits per heavy atom. The third-order valence-corrected chi connectivity index (χ3v) is 4.02. The second-order valence-electron chi connectivity index (χ2n) is 5.49. The van der Waals surface area contributed by atoms with Gasteiger partial charge in [-0.05, 0) is 49.2 Å². The molecule has 1 amide bonds. The van der Waals surface area contributed by atoms with E-state index < -0.39 is 5.54 Å². The topological polar surface area (TPSA) is 29.1 Å². The first kappa shape index (κ1) is 16.1. The number of benzene rings is 2. The summed E-state index contributed by atoms with van der Waals surface area (Å²) in [6, 6.07) is 15.3. The van der Waals surface area contributed by atoms with Gasteiger partial charge < -0.3 is 5.32 Å². The first-order chi connectivity index (χ1) is 9.87. The molecule has 0 radical (unpaired) electrons. The highest BCUT2D eigenvalue weighted by Crippen LogP contribution is 2.22. The SMILES string of the molecule is CC(C)(NC(=O)Cc1cccc(Br)c1)c1ccc(Cl)cc1. The van der Waals surface area contributed by atoms with E-state index in [0.717, 1.165) is 15.6 Å². The normalized spacial score (nSPS) is 11.2. The van der Waals surface area contributed by atoms with Crippen LogP contribution >= 0.6 is 27.5 Å². The minimum absolute atomic E-state index is 0.00644. The molecule has 4 heteroatoms. The van der Waals surface area contributed by atoms with Gasteiger partial charge in [-0.1, -0.05) is 51.8 Å². The van der Waals surface area contributed by atoms with Crippen LogP contribution in [-0.4, -0.2) is 5.91 Å². The monoisotopic (exact) mass is 365 g/mol. The molecule has 110 valence electrons. The van der Waals surface area contributed by atoms with Crippen molar-refractivity contribution in [1.82, 2.24) is 5.32 Å². The van der Waals surface area contributed by atoms with Crippen LogP contribution in [0.3, 0.4) is 0 Å². The van der Waals surface area contributed by atoms with Crippen LogP contribution in [0.25, 0.3) is 0 Å². The lowest BCUT2D eigenvalue weighted by molar-refractivity contribution is -0.122. The van der Waals surface area contributed by atoms with Crippen LogP contribution in [0.5, 0.6) is 0 Å². The summed E-state index contributed by atoms with van der Waals surface area (Å²) in [6.07, 6.45) is 0.358. The van der Waals surface area contributed by atoms with Crippen molar-refractivity contribution in [2.45, 2.75) is 25.8 Å². The Hall–Kier alpha value is -1.32. The molecule has 2 aromatic rings. The Morgan fingerprint density at radius 1 is 1.19 bits per heavy atom. The van der Waals surface area contributed by atoms with Gasteiger partial charge in [0.15, 0.2) is 0 Å². The number of amides is 1. The van der Waals surface area contributed by atoms with Gasteiger partial charge >= 0.3 is 0 Å². The van der Waals surface area contributed by atoms with Gasteiger partial charge in [-0.3, -0.25) is 4.79 Å². The molecule has 0 saturated heterocycles. The predicted octanol–water partition coefficient (Wildman–Crippen LogP) is 4.70. The molecule has 2 nitrogen and oxygen atoms in total. The molecule has 0 bridgehead atoms. The maximum atomic E-state index is 12.2. The highest BCUT2D eigenvalue weighted by Gasteiger charge is 2.22. The molecular weight excluding hydrogens is 350 g/mol. The summed E-state index contributed by atoms with van der Waals surface area (Å²) in [5.41, 5.74) is 1.57. The molecule has 0 heterocycles. The van der Waals surface area contributed by atoms with Crippen molar-refractivity contribution in [2.75, 3.05) is 0 Å². The van der Waals surface area contributed by atoms with Crippen molar-refractivity contribution in [2.24, 2.45) is 0 Å². The first-order valence-electron chi connectivity index (χ1n) is 6.68. The fraction of sp³-hybridized carbons (Fsp3) is 0.235. The minimum atomic E-state index is -0.437. The van der Waals surface area contributed by atoms with E-state index in [-0.39, 0.29) is 5.91 Å². The van der Waals surface area contributed by atoms with Crippen molar-refractivity contribution in [3.05, 3.63) is 69.2 Å². The van der Waals surface area contributed by atoms with Gasteiger partial charge in [0.1, 0.15) is 0 Å². The van der Waals surface area contributed by atoms with Gasteiger partial charge in [-0.15, -0.1) is 0 Å². The van der Waals surface area contributed by atoms with Crippen molar-refractivity contribution >= 4 is 33.4 Å². The maximum absolute atomic E-state index is 12.2. The number of halogens is 2. The molecular formula is C17H17BrClNO. The maximum Gasteiger partial charge on any atom is 0.225 e. The molecule has 0 aliphatic heterocycles. The van der Waals surface area contributed by atoms with E-state index in [0.29, 0.717) is 11.4 Å². The van der Waals surface area contributed by atoms with Crippen molar-refractivity contribution in [3.63, 3.8) is 0 Å². The largest absolute Gasteiger partial charge is 0.347 e. The zero-order chi connectivity index (χ0) is 15.5. The van der Waals surface area contributed by atoms with E-state index in [2.05, 4.69) is 21.2 Å². The van der Waals surface area contributed by atoms with Crippen LogP contribution in [0.2, 0.25) is 5.02 Å². The van der Waals surface area contributed by atoms with Gasteiger partial charge in [0.25, 0.3) is 0 Å². The van der Waals surface area contributed by atoms with Crippen LogP contribution in [0.4, 0.5) is 0 Å². The van der Waals surface area contributed by atoms with E-state index in [1.54, 1.807) is 0 Å². The minimum Gasteiger partial charge on any atom is -0.347 e. The summed E-state index contributed by atoms with van der Waals surface area (Å²) >= 11 is 9.31. The molecule has 0 spiro atoms. The van der Waals surface area contributed by atoms with E-state index in [1.807, 2.05) is 62.4 Å². The van der Waals surface area contributed by atoms with E-state index in [9.17, 15) is 4.79 Å². The Kier molecular flexibility index (Phi) is 5.07. The Labute approximate surface area is 138 Å². The zero-order valence-electron chi connectivity index (χ0n) is 12.0. The third kappa shape index (κ3) is 4.58. The van der Waals surface area contributed by atoms with Crippen LogP contribution in [0.15, 0.2) is 53.0 Å². The average Bonchev–Trinajstić information content (AvgIpc) is 2.38. The quantitative estimate of drug-likeness (QED) is 0.835.